The van der Waals surface area contributed by atoms with Crippen LogP contribution in [0.2, 0.25) is 0 Å². The lowest BCUT2D eigenvalue weighted by Gasteiger charge is -2.40. The third-order valence-electron chi connectivity index (χ3n) is 5.38. The first kappa shape index (κ1) is 14.1. The van der Waals surface area contributed by atoms with Crippen molar-refractivity contribution in [1.29, 1.82) is 0 Å². The molecule has 4 rings (SSSR count). The van der Waals surface area contributed by atoms with E-state index >= 15 is 0 Å². The highest BCUT2D eigenvalue weighted by Gasteiger charge is 2.84. The van der Waals surface area contributed by atoms with E-state index in [0.717, 1.165) is 12.8 Å². The molecule has 1 saturated heterocycles. The normalized spacial score (nSPS) is 61.1. The van der Waals surface area contributed by atoms with Crippen LogP contribution in [-0.2, 0) is 4.74 Å². The first-order valence-electron chi connectivity index (χ1n) is 6.10. The fourth-order valence-electron chi connectivity index (χ4n) is 4.25. The largest absolute Gasteiger partial charge is 0.366 e. The Morgan fingerprint density at radius 1 is 1.00 bits per heavy atom. The molecular formula is C12H10Cl6O. The Labute approximate surface area is 141 Å². The molecule has 0 aromatic heterocycles. The van der Waals surface area contributed by atoms with Crippen LogP contribution in [0, 0.1) is 11.8 Å². The summed E-state index contributed by atoms with van der Waals surface area (Å²) in [5, 5.41) is 0.584. The molecule has 0 aromatic carbocycles. The molecule has 1 aliphatic heterocycles. The smallest absolute Gasteiger partial charge is 0.166 e. The molecule has 0 amide bonds. The molecule has 0 unspecified atom stereocenters. The Kier molecular flexibility index (Phi) is 2.59. The summed E-state index contributed by atoms with van der Waals surface area (Å²) in [6, 6.07) is 0. The maximum Gasteiger partial charge on any atom is 0.166 e. The van der Waals surface area contributed by atoms with Gasteiger partial charge in [0.1, 0.15) is 9.75 Å². The van der Waals surface area contributed by atoms with Crippen molar-refractivity contribution in [2.24, 2.45) is 11.8 Å². The zero-order valence-corrected chi connectivity index (χ0v) is 14.4. The number of halogens is 6. The van der Waals surface area contributed by atoms with Crippen molar-refractivity contribution in [1.82, 2.24) is 0 Å². The molecule has 2 saturated carbocycles. The highest BCUT2D eigenvalue weighted by atomic mass is 35.5. The Balaban J connectivity index is 1.92. The molecule has 4 aliphatic rings. The molecule has 0 aromatic rings. The summed E-state index contributed by atoms with van der Waals surface area (Å²) in [4.78, 5) is -2.24. The predicted octanol–water partition coefficient (Wildman–Crippen LogP) is 5.02. The Bertz CT molecular complexity index is 532. The van der Waals surface area contributed by atoms with Crippen LogP contribution in [0.1, 0.15) is 19.8 Å². The van der Waals surface area contributed by atoms with E-state index in [4.69, 9.17) is 74.3 Å². The van der Waals surface area contributed by atoms with E-state index in [-0.39, 0.29) is 23.5 Å². The van der Waals surface area contributed by atoms with Gasteiger partial charge in [0.05, 0.1) is 21.8 Å². The van der Waals surface area contributed by atoms with Gasteiger partial charge in [0.2, 0.25) is 0 Å². The summed E-state index contributed by atoms with van der Waals surface area (Å²) in [6.45, 7) is 2.07. The van der Waals surface area contributed by atoms with Gasteiger partial charge in [0.15, 0.2) is 4.33 Å². The molecular weight excluding hydrogens is 373 g/mol. The van der Waals surface area contributed by atoms with Crippen molar-refractivity contribution in [3.8, 4) is 0 Å². The van der Waals surface area contributed by atoms with Crippen molar-refractivity contribution >= 4 is 69.6 Å². The summed E-state index contributed by atoms with van der Waals surface area (Å²) in [7, 11) is 0. The second-order valence-electron chi connectivity index (χ2n) is 6.20. The first-order chi connectivity index (χ1) is 8.60. The van der Waals surface area contributed by atoms with E-state index in [1.807, 2.05) is 0 Å². The quantitative estimate of drug-likeness (QED) is 0.423. The average Bonchev–Trinajstić information content (AvgIpc) is 2.96. The summed E-state index contributed by atoms with van der Waals surface area (Å²) in [5.74, 6) is -0.0438. The topological polar surface area (TPSA) is 12.5 Å². The molecule has 7 heteroatoms. The first-order valence-corrected chi connectivity index (χ1v) is 8.37. The molecule has 3 aliphatic carbocycles. The Morgan fingerprint density at radius 3 is 2.11 bits per heavy atom. The number of ether oxygens (including phenoxy) is 1. The van der Waals surface area contributed by atoms with Gasteiger partial charge in [0, 0.05) is 0 Å². The summed E-state index contributed by atoms with van der Waals surface area (Å²) in [6.07, 6.45) is 1.71. The molecule has 0 N–H and O–H groups in total. The fraction of sp³-hybridized carbons (Fsp3) is 0.833. The van der Waals surface area contributed by atoms with E-state index in [1.165, 1.54) is 0 Å². The molecule has 19 heavy (non-hydrogen) atoms. The average molecular weight is 383 g/mol. The number of epoxide rings is 1. The third kappa shape index (κ3) is 1.23. The van der Waals surface area contributed by atoms with Gasteiger partial charge in [-0.05, 0) is 31.6 Å². The molecule has 1 nitrogen and oxygen atoms in total. The van der Waals surface area contributed by atoms with Crippen molar-refractivity contribution in [2.75, 3.05) is 0 Å². The SMILES string of the molecule is C[C@]12C[C@H]3[C@@H](C[C@H]1O2)[C@]1(Cl)C(Cl)=C(Cl)[C@]3(Cl)C1(Cl)Cl. The fourth-order valence-corrected chi connectivity index (χ4v) is 7.35. The van der Waals surface area contributed by atoms with Gasteiger partial charge in [0.25, 0.3) is 0 Å². The standard InChI is InChI=1S/C12H10Cl6O/c1-9-3-5-4(2-6(9)19-9)10(15)7(13)8(14)11(5,16)12(10,17)18/h4-6H,2-3H2,1H3/t4-,5+,6-,9+,10+,11+/m1/s1. The second-order valence-corrected chi connectivity index (χ2v) is 9.47. The number of allylic oxidation sites excluding steroid dienone is 2. The van der Waals surface area contributed by atoms with Crippen molar-refractivity contribution < 1.29 is 4.74 Å². The molecule has 2 bridgehead atoms. The monoisotopic (exact) mass is 380 g/mol. The second kappa shape index (κ2) is 3.50. The van der Waals surface area contributed by atoms with Crippen LogP contribution in [0.4, 0.5) is 0 Å². The van der Waals surface area contributed by atoms with Crippen molar-refractivity contribution in [3.05, 3.63) is 10.1 Å². The Hall–Kier alpha value is 1.44. The van der Waals surface area contributed by atoms with Crippen LogP contribution in [0.5, 0.6) is 0 Å². The van der Waals surface area contributed by atoms with Crippen LogP contribution >= 0.6 is 69.6 Å². The highest BCUT2D eigenvalue weighted by Crippen LogP contribution is 2.80. The van der Waals surface area contributed by atoms with Gasteiger partial charge >= 0.3 is 0 Å². The minimum atomic E-state index is -1.40. The van der Waals surface area contributed by atoms with Crippen molar-refractivity contribution in [2.45, 2.75) is 45.6 Å². The van der Waals surface area contributed by atoms with Gasteiger partial charge in [-0.2, -0.15) is 0 Å². The van der Waals surface area contributed by atoms with E-state index < -0.39 is 14.1 Å². The van der Waals surface area contributed by atoms with Crippen molar-refractivity contribution in [3.63, 3.8) is 0 Å². The van der Waals surface area contributed by atoms with Crippen LogP contribution in [0.25, 0.3) is 0 Å². The zero-order chi connectivity index (χ0) is 14.0. The highest BCUT2D eigenvalue weighted by molar-refractivity contribution is 6.65. The summed E-state index contributed by atoms with van der Waals surface area (Å²) in [5.41, 5.74) is -0.145. The lowest BCUT2D eigenvalue weighted by atomic mass is 9.69. The number of rotatable bonds is 0. The summed E-state index contributed by atoms with van der Waals surface area (Å²) >= 11 is 39.2. The molecule has 106 valence electrons. The molecule has 0 radical (unpaired) electrons. The summed E-state index contributed by atoms with van der Waals surface area (Å²) < 4.78 is 4.34. The zero-order valence-electron chi connectivity index (χ0n) is 9.82. The third-order valence-corrected chi connectivity index (χ3v) is 9.73. The maximum absolute atomic E-state index is 6.76. The van der Waals surface area contributed by atoms with Gasteiger partial charge in [-0.15, -0.1) is 23.2 Å². The van der Waals surface area contributed by atoms with Crippen LogP contribution < -0.4 is 0 Å². The lowest BCUT2D eigenvalue weighted by molar-refractivity contribution is 0.220. The van der Waals surface area contributed by atoms with E-state index in [1.54, 1.807) is 0 Å². The molecule has 1 heterocycles. The van der Waals surface area contributed by atoms with E-state index in [9.17, 15) is 0 Å². The van der Waals surface area contributed by atoms with Gasteiger partial charge in [-0.25, -0.2) is 0 Å². The van der Waals surface area contributed by atoms with Crippen LogP contribution in [0.15, 0.2) is 10.1 Å². The number of fused-ring (bicyclic) bond motifs is 6. The van der Waals surface area contributed by atoms with E-state index in [0.29, 0.717) is 10.1 Å². The van der Waals surface area contributed by atoms with E-state index in [2.05, 4.69) is 6.92 Å². The van der Waals surface area contributed by atoms with Gasteiger partial charge in [-0.1, -0.05) is 46.4 Å². The maximum atomic E-state index is 6.76. The number of hydrogen-bond donors (Lipinski definition) is 0. The van der Waals surface area contributed by atoms with Gasteiger partial charge in [-0.3, -0.25) is 0 Å². The van der Waals surface area contributed by atoms with Crippen LogP contribution in [-0.4, -0.2) is 25.8 Å². The Morgan fingerprint density at radius 2 is 1.53 bits per heavy atom. The number of hydrogen-bond acceptors (Lipinski definition) is 1. The molecule has 0 spiro atoms. The lowest BCUT2D eigenvalue weighted by Crippen LogP contribution is -2.44. The molecule has 3 fully saturated rings. The van der Waals surface area contributed by atoms with Gasteiger partial charge < -0.3 is 4.74 Å². The predicted molar refractivity (Wildman–Crippen MR) is 79.8 cm³/mol. The number of alkyl halides is 4. The minimum Gasteiger partial charge on any atom is -0.366 e. The molecule has 6 atom stereocenters. The minimum absolute atomic E-state index is 0.0164. The van der Waals surface area contributed by atoms with Crippen LogP contribution in [0.3, 0.4) is 0 Å².